The van der Waals surface area contributed by atoms with Crippen LogP contribution in [0.15, 0.2) is 66.4 Å². The molecule has 22 heavy (non-hydrogen) atoms. The number of hydrogen-bond acceptors (Lipinski definition) is 4. The fraction of sp³-hybridized carbons (Fsp3) is 0. The fourth-order valence-corrected chi connectivity index (χ4v) is 2.17. The van der Waals surface area contributed by atoms with Gasteiger partial charge in [-0.25, -0.2) is 9.69 Å². The quantitative estimate of drug-likeness (QED) is 0.629. The standard InChI is InChI=1S/C17H10N2O3/c18-11-14(12-7-3-1-4-8-12)15-16(20)19(17(21)22-15)13-9-5-2-6-10-13/h1-10H/b15-14+. The van der Waals surface area contributed by atoms with Gasteiger partial charge in [0.25, 0.3) is 0 Å². The van der Waals surface area contributed by atoms with E-state index >= 15 is 0 Å². The molecular formula is C17H10N2O3. The summed E-state index contributed by atoms with van der Waals surface area (Å²) in [6.45, 7) is 0. The van der Waals surface area contributed by atoms with Crippen LogP contribution in [0.2, 0.25) is 0 Å². The monoisotopic (exact) mass is 290 g/mol. The van der Waals surface area contributed by atoms with Gasteiger partial charge in [0, 0.05) is 0 Å². The van der Waals surface area contributed by atoms with E-state index in [1.807, 2.05) is 6.07 Å². The summed E-state index contributed by atoms with van der Waals surface area (Å²) in [5, 5.41) is 9.33. The number of cyclic esters (lactones) is 1. The van der Waals surface area contributed by atoms with Crippen molar-refractivity contribution in [2.75, 3.05) is 4.90 Å². The van der Waals surface area contributed by atoms with E-state index in [0.717, 1.165) is 4.90 Å². The first-order valence-corrected chi connectivity index (χ1v) is 6.53. The minimum absolute atomic E-state index is 0.0392. The molecule has 5 heteroatoms. The first kappa shape index (κ1) is 13.6. The summed E-state index contributed by atoms with van der Waals surface area (Å²) in [5.41, 5.74) is 0.964. The molecule has 0 bridgehead atoms. The van der Waals surface area contributed by atoms with Gasteiger partial charge in [0.2, 0.25) is 5.76 Å². The Morgan fingerprint density at radius 2 is 1.55 bits per heavy atom. The lowest BCUT2D eigenvalue weighted by Crippen LogP contribution is -2.28. The van der Waals surface area contributed by atoms with Gasteiger partial charge in [-0.15, -0.1) is 0 Å². The van der Waals surface area contributed by atoms with Crippen LogP contribution < -0.4 is 4.90 Å². The third-order valence-corrected chi connectivity index (χ3v) is 3.19. The van der Waals surface area contributed by atoms with E-state index in [1.165, 1.54) is 0 Å². The zero-order valence-corrected chi connectivity index (χ0v) is 11.4. The molecule has 3 rings (SSSR count). The molecule has 2 aromatic carbocycles. The second kappa shape index (κ2) is 5.54. The van der Waals surface area contributed by atoms with Gasteiger partial charge in [-0.1, -0.05) is 48.5 Å². The van der Waals surface area contributed by atoms with Crippen molar-refractivity contribution in [3.05, 3.63) is 72.0 Å². The number of para-hydroxylation sites is 1. The highest BCUT2D eigenvalue weighted by atomic mass is 16.6. The van der Waals surface area contributed by atoms with Gasteiger partial charge in [0.1, 0.15) is 11.6 Å². The fourth-order valence-electron chi connectivity index (χ4n) is 2.17. The highest BCUT2D eigenvalue weighted by Gasteiger charge is 2.40. The van der Waals surface area contributed by atoms with Crippen LogP contribution >= 0.6 is 0 Å². The third-order valence-electron chi connectivity index (χ3n) is 3.19. The minimum Gasteiger partial charge on any atom is -0.402 e. The molecule has 0 aliphatic carbocycles. The zero-order valence-electron chi connectivity index (χ0n) is 11.4. The Morgan fingerprint density at radius 3 is 2.14 bits per heavy atom. The normalized spacial score (nSPS) is 16.2. The van der Waals surface area contributed by atoms with E-state index in [9.17, 15) is 14.9 Å². The van der Waals surface area contributed by atoms with Crippen molar-refractivity contribution in [2.24, 2.45) is 0 Å². The van der Waals surface area contributed by atoms with Gasteiger partial charge in [-0.3, -0.25) is 4.79 Å². The molecule has 106 valence electrons. The van der Waals surface area contributed by atoms with E-state index < -0.39 is 12.0 Å². The lowest BCUT2D eigenvalue weighted by Gasteiger charge is -2.09. The number of imide groups is 1. The molecule has 0 saturated carbocycles. The molecule has 1 fully saturated rings. The molecular weight excluding hydrogens is 280 g/mol. The van der Waals surface area contributed by atoms with Gasteiger partial charge in [0.05, 0.1) is 5.69 Å². The maximum Gasteiger partial charge on any atom is 0.427 e. The van der Waals surface area contributed by atoms with Crippen LogP contribution in [0.3, 0.4) is 0 Å². The molecule has 1 saturated heterocycles. The number of anilines is 1. The van der Waals surface area contributed by atoms with E-state index in [-0.39, 0.29) is 11.3 Å². The van der Waals surface area contributed by atoms with Crippen LogP contribution in [0.5, 0.6) is 0 Å². The Morgan fingerprint density at radius 1 is 0.955 bits per heavy atom. The van der Waals surface area contributed by atoms with Crippen molar-refractivity contribution < 1.29 is 14.3 Å². The highest BCUT2D eigenvalue weighted by molar-refractivity contribution is 6.26. The molecule has 1 aliphatic heterocycles. The Labute approximate surface area is 126 Å². The van der Waals surface area contributed by atoms with Crippen LogP contribution in [0.25, 0.3) is 5.57 Å². The number of hydrogen-bond donors (Lipinski definition) is 0. The molecule has 0 atom stereocenters. The van der Waals surface area contributed by atoms with Gasteiger partial charge in [0.15, 0.2) is 0 Å². The van der Waals surface area contributed by atoms with Crippen molar-refractivity contribution in [2.45, 2.75) is 0 Å². The predicted molar refractivity (Wildman–Crippen MR) is 79.4 cm³/mol. The molecule has 0 spiro atoms. The lowest BCUT2D eigenvalue weighted by molar-refractivity contribution is -0.114. The van der Waals surface area contributed by atoms with Crippen LogP contribution in [0.4, 0.5) is 10.5 Å². The number of ether oxygens (including phenoxy) is 1. The molecule has 0 N–H and O–H groups in total. The van der Waals surface area contributed by atoms with E-state index in [2.05, 4.69) is 0 Å². The molecule has 1 aliphatic rings. The average molecular weight is 290 g/mol. The summed E-state index contributed by atoms with van der Waals surface area (Å²) in [5.74, 6) is -0.890. The maximum absolute atomic E-state index is 12.5. The van der Waals surface area contributed by atoms with E-state index in [4.69, 9.17) is 4.74 Å². The number of carbonyl (C=O) groups is 2. The van der Waals surface area contributed by atoms with Crippen molar-refractivity contribution in [1.29, 1.82) is 5.26 Å². The number of rotatable bonds is 2. The number of amides is 2. The highest BCUT2D eigenvalue weighted by Crippen LogP contribution is 2.29. The molecule has 2 aromatic rings. The van der Waals surface area contributed by atoms with E-state index in [1.54, 1.807) is 60.7 Å². The molecule has 5 nitrogen and oxygen atoms in total. The van der Waals surface area contributed by atoms with Crippen molar-refractivity contribution in [3.8, 4) is 6.07 Å². The number of carbonyl (C=O) groups excluding carboxylic acids is 2. The maximum atomic E-state index is 12.5. The average Bonchev–Trinajstić information content (AvgIpc) is 2.85. The summed E-state index contributed by atoms with van der Waals surface area (Å²) in [6.07, 6.45) is -0.810. The minimum atomic E-state index is -0.810. The van der Waals surface area contributed by atoms with Gasteiger partial charge < -0.3 is 4.74 Å². The number of nitriles is 1. The van der Waals surface area contributed by atoms with Gasteiger partial charge in [-0.05, 0) is 17.7 Å². The van der Waals surface area contributed by atoms with Crippen LogP contribution in [-0.2, 0) is 9.53 Å². The first-order chi connectivity index (χ1) is 10.7. The topological polar surface area (TPSA) is 70.4 Å². The Kier molecular flexibility index (Phi) is 3.42. The predicted octanol–water partition coefficient (Wildman–Crippen LogP) is 3.10. The van der Waals surface area contributed by atoms with Crippen molar-refractivity contribution in [3.63, 3.8) is 0 Å². The molecule has 2 amide bonds. The number of benzene rings is 2. The van der Waals surface area contributed by atoms with Gasteiger partial charge in [-0.2, -0.15) is 5.26 Å². The number of allylic oxidation sites excluding steroid dienone is 1. The van der Waals surface area contributed by atoms with Crippen molar-refractivity contribution >= 4 is 23.3 Å². The molecule has 1 heterocycles. The molecule has 0 radical (unpaired) electrons. The second-order valence-corrected chi connectivity index (χ2v) is 4.53. The summed E-state index contributed by atoms with van der Waals surface area (Å²) in [6, 6.07) is 19.0. The lowest BCUT2D eigenvalue weighted by atomic mass is 10.1. The first-order valence-electron chi connectivity index (χ1n) is 6.53. The summed E-state index contributed by atoms with van der Waals surface area (Å²) < 4.78 is 5.04. The third kappa shape index (κ3) is 2.23. The van der Waals surface area contributed by atoms with Crippen LogP contribution in [0.1, 0.15) is 5.56 Å². The largest absolute Gasteiger partial charge is 0.427 e. The Bertz CT molecular complexity index is 805. The zero-order chi connectivity index (χ0) is 15.5. The summed E-state index contributed by atoms with van der Waals surface area (Å²) in [4.78, 5) is 25.4. The Hall–Kier alpha value is -3.39. The second-order valence-electron chi connectivity index (χ2n) is 4.53. The smallest absolute Gasteiger partial charge is 0.402 e. The molecule has 0 unspecified atom stereocenters. The van der Waals surface area contributed by atoms with Crippen molar-refractivity contribution in [1.82, 2.24) is 0 Å². The SMILES string of the molecule is N#C/C(=C1\OC(=O)N(c2ccccc2)C1=O)c1ccccc1. The summed E-state index contributed by atoms with van der Waals surface area (Å²) in [7, 11) is 0. The van der Waals surface area contributed by atoms with Gasteiger partial charge >= 0.3 is 12.0 Å². The Balaban J connectivity index is 2.07. The number of nitrogens with zero attached hydrogens (tertiary/aromatic N) is 2. The summed E-state index contributed by atoms with van der Waals surface area (Å²) >= 11 is 0. The molecule has 0 aromatic heterocycles. The van der Waals surface area contributed by atoms with E-state index in [0.29, 0.717) is 11.3 Å². The van der Waals surface area contributed by atoms with Crippen LogP contribution in [0, 0.1) is 11.3 Å². The van der Waals surface area contributed by atoms with Crippen LogP contribution in [-0.4, -0.2) is 12.0 Å².